The molecule has 0 saturated carbocycles. The summed E-state index contributed by atoms with van der Waals surface area (Å²) in [4.78, 5) is 0. The number of nitrogens with one attached hydrogen (secondary N) is 1. The van der Waals surface area contributed by atoms with Crippen molar-refractivity contribution < 1.29 is 0 Å². The molecule has 0 radical (unpaired) electrons. The normalized spacial score (nSPS) is 13.0. The smallest absolute Gasteiger partial charge is 0.0440 e. The second kappa shape index (κ2) is 7.81. The molecule has 0 amide bonds. The van der Waals surface area contributed by atoms with Crippen LogP contribution in [0.1, 0.15) is 38.3 Å². The lowest BCUT2D eigenvalue weighted by atomic mass is 9.97. The fourth-order valence-corrected chi connectivity index (χ4v) is 2.35. The minimum Gasteiger partial charge on any atom is -0.316 e. The van der Waals surface area contributed by atoms with E-state index in [1.165, 1.54) is 17.5 Å². The summed E-state index contributed by atoms with van der Waals surface area (Å²) in [5.74, 6) is 1.40. The van der Waals surface area contributed by atoms with Crippen LogP contribution < -0.4 is 5.32 Å². The molecule has 0 saturated heterocycles. The highest BCUT2D eigenvalue weighted by Crippen LogP contribution is 2.21. The highest BCUT2D eigenvalue weighted by Gasteiger charge is 2.07. The maximum atomic E-state index is 6.26. The number of halogens is 1. The third kappa shape index (κ3) is 5.88. The van der Waals surface area contributed by atoms with Crippen molar-refractivity contribution in [3.63, 3.8) is 0 Å². The number of benzene rings is 1. The summed E-state index contributed by atoms with van der Waals surface area (Å²) in [6, 6.07) is 6.36. The van der Waals surface area contributed by atoms with Crippen molar-refractivity contribution in [1.29, 1.82) is 0 Å². The molecule has 0 aliphatic rings. The van der Waals surface area contributed by atoms with E-state index in [0.717, 1.165) is 30.5 Å². The second-order valence-corrected chi connectivity index (χ2v) is 6.20. The average Bonchev–Trinajstić information content (AvgIpc) is 2.28. The van der Waals surface area contributed by atoms with E-state index < -0.39 is 0 Å². The molecule has 0 aliphatic heterocycles. The molecule has 0 spiro atoms. The third-order valence-corrected chi connectivity index (χ3v) is 3.50. The van der Waals surface area contributed by atoms with Crippen LogP contribution in [0.4, 0.5) is 0 Å². The average molecular weight is 268 g/mol. The predicted molar refractivity (Wildman–Crippen MR) is 81.4 cm³/mol. The van der Waals surface area contributed by atoms with Crippen molar-refractivity contribution in [2.45, 2.75) is 40.5 Å². The van der Waals surface area contributed by atoms with E-state index in [0.29, 0.717) is 5.92 Å². The summed E-state index contributed by atoms with van der Waals surface area (Å²) in [7, 11) is 0. The molecule has 102 valence electrons. The highest BCUT2D eigenvalue weighted by molar-refractivity contribution is 6.31. The van der Waals surface area contributed by atoms with Crippen molar-refractivity contribution in [3.8, 4) is 0 Å². The van der Waals surface area contributed by atoms with Crippen LogP contribution in [0.5, 0.6) is 0 Å². The standard InChI is InChI=1S/C16H26ClN/c1-12(2)11-18-8-7-14(4)9-15-6-5-13(3)10-16(15)17/h5-6,10,12,14,18H,7-9,11H2,1-4H3. The molecule has 1 aromatic rings. The first-order valence-electron chi connectivity index (χ1n) is 6.94. The lowest BCUT2D eigenvalue weighted by molar-refractivity contribution is 0.474. The van der Waals surface area contributed by atoms with Gasteiger partial charge in [0.1, 0.15) is 0 Å². The molecule has 0 aromatic heterocycles. The van der Waals surface area contributed by atoms with Crippen LogP contribution in [0.15, 0.2) is 18.2 Å². The number of hydrogen-bond acceptors (Lipinski definition) is 1. The Labute approximate surface area is 117 Å². The van der Waals surface area contributed by atoms with Gasteiger partial charge in [-0.05, 0) is 61.9 Å². The van der Waals surface area contributed by atoms with Crippen LogP contribution in [0.3, 0.4) is 0 Å². The van der Waals surface area contributed by atoms with Gasteiger partial charge in [0.05, 0.1) is 0 Å². The molecular formula is C16H26ClN. The lowest BCUT2D eigenvalue weighted by Crippen LogP contribution is -2.22. The van der Waals surface area contributed by atoms with Gasteiger partial charge < -0.3 is 5.32 Å². The Morgan fingerprint density at radius 1 is 1.22 bits per heavy atom. The minimum absolute atomic E-state index is 0.671. The Kier molecular flexibility index (Phi) is 6.73. The van der Waals surface area contributed by atoms with Crippen molar-refractivity contribution in [2.75, 3.05) is 13.1 Å². The lowest BCUT2D eigenvalue weighted by Gasteiger charge is -2.14. The van der Waals surface area contributed by atoms with Gasteiger partial charge in [0.15, 0.2) is 0 Å². The van der Waals surface area contributed by atoms with E-state index in [2.05, 4.69) is 51.2 Å². The summed E-state index contributed by atoms with van der Waals surface area (Å²) in [6.07, 6.45) is 2.28. The first-order valence-corrected chi connectivity index (χ1v) is 7.32. The monoisotopic (exact) mass is 267 g/mol. The summed E-state index contributed by atoms with van der Waals surface area (Å²) >= 11 is 6.26. The summed E-state index contributed by atoms with van der Waals surface area (Å²) in [5, 5.41) is 4.41. The fraction of sp³-hybridized carbons (Fsp3) is 0.625. The molecule has 1 atom stereocenters. The van der Waals surface area contributed by atoms with Gasteiger partial charge in [-0.2, -0.15) is 0 Å². The summed E-state index contributed by atoms with van der Waals surface area (Å²) in [5.41, 5.74) is 2.51. The van der Waals surface area contributed by atoms with Gasteiger partial charge in [-0.1, -0.05) is 44.5 Å². The van der Waals surface area contributed by atoms with Crippen LogP contribution in [-0.2, 0) is 6.42 Å². The predicted octanol–water partition coefficient (Wildman–Crippen LogP) is 4.46. The van der Waals surface area contributed by atoms with Gasteiger partial charge in [-0.25, -0.2) is 0 Å². The van der Waals surface area contributed by atoms with E-state index in [1.807, 2.05) is 0 Å². The Bertz CT molecular complexity index is 360. The zero-order valence-corrected chi connectivity index (χ0v) is 12.8. The number of rotatable bonds is 7. The van der Waals surface area contributed by atoms with Crippen LogP contribution in [0.2, 0.25) is 5.02 Å². The van der Waals surface area contributed by atoms with E-state index in [9.17, 15) is 0 Å². The Morgan fingerprint density at radius 3 is 2.56 bits per heavy atom. The third-order valence-electron chi connectivity index (χ3n) is 3.14. The van der Waals surface area contributed by atoms with Crippen molar-refractivity contribution in [3.05, 3.63) is 34.3 Å². The molecule has 1 N–H and O–H groups in total. The zero-order chi connectivity index (χ0) is 13.5. The van der Waals surface area contributed by atoms with Crippen LogP contribution in [-0.4, -0.2) is 13.1 Å². The summed E-state index contributed by atoms with van der Waals surface area (Å²) in [6.45, 7) is 11.1. The number of aryl methyl sites for hydroxylation is 1. The van der Waals surface area contributed by atoms with E-state index in [1.54, 1.807) is 0 Å². The minimum atomic E-state index is 0.671. The molecule has 0 fully saturated rings. The molecule has 0 heterocycles. The van der Waals surface area contributed by atoms with Crippen molar-refractivity contribution in [1.82, 2.24) is 5.32 Å². The van der Waals surface area contributed by atoms with Gasteiger partial charge >= 0.3 is 0 Å². The maximum Gasteiger partial charge on any atom is 0.0440 e. The molecular weight excluding hydrogens is 242 g/mol. The Balaban J connectivity index is 2.33. The van der Waals surface area contributed by atoms with Crippen LogP contribution in [0.25, 0.3) is 0 Å². The fourth-order valence-electron chi connectivity index (χ4n) is 2.03. The maximum absolute atomic E-state index is 6.26. The molecule has 2 heteroatoms. The quantitative estimate of drug-likeness (QED) is 0.719. The van der Waals surface area contributed by atoms with Gasteiger partial charge in [-0.3, -0.25) is 0 Å². The largest absolute Gasteiger partial charge is 0.316 e. The molecule has 0 bridgehead atoms. The van der Waals surface area contributed by atoms with Gasteiger partial charge in [-0.15, -0.1) is 0 Å². The Morgan fingerprint density at radius 2 is 1.94 bits per heavy atom. The van der Waals surface area contributed by atoms with Crippen LogP contribution >= 0.6 is 11.6 Å². The van der Waals surface area contributed by atoms with E-state index in [-0.39, 0.29) is 0 Å². The highest BCUT2D eigenvalue weighted by atomic mass is 35.5. The summed E-state index contributed by atoms with van der Waals surface area (Å²) < 4.78 is 0. The molecule has 0 aliphatic carbocycles. The van der Waals surface area contributed by atoms with Gasteiger partial charge in [0, 0.05) is 5.02 Å². The van der Waals surface area contributed by atoms with Gasteiger partial charge in [0.25, 0.3) is 0 Å². The van der Waals surface area contributed by atoms with E-state index in [4.69, 9.17) is 11.6 Å². The molecule has 1 unspecified atom stereocenters. The second-order valence-electron chi connectivity index (χ2n) is 5.79. The number of hydrogen-bond donors (Lipinski definition) is 1. The van der Waals surface area contributed by atoms with Gasteiger partial charge in [0.2, 0.25) is 0 Å². The molecule has 1 nitrogen and oxygen atoms in total. The van der Waals surface area contributed by atoms with Crippen LogP contribution in [0, 0.1) is 18.8 Å². The molecule has 18 heavy (non-hydrogen) atoms. The van der Waals surface area contributed by atoms with Crippen molar-refractivity contribution in [2.24, 2.45) is 11.8 Å². The van der Waals surface area contributed by atoms with Crippen molar-refractivity contribution >= 4 is 11.6 Å². The molecule has 1 aromatic carbocycles. The topological polar surface area (TPSA) is 12.0 Å². The molecule has 1 rings (SSSR count). The first kappa shape index (κ1) is 15.5. The van der Waals surface area contributed by atoms with E-state index >= 15 is 0 Å². The SMILES string of the molecule is Cc1ccc(CC(C)CCNCC(C)C)c(Cl)c1. The Hall–Kier alpha value is -0.530. The zero-order valence-electron chi connectivity index (χ0n) is 12.1. The first-order chi connectivity index (χ1) is 8.49.